The van der Waals surface area contributed by atoms with E-state index < -0.39 is 0 Å². The number of rotatable bonds is 4. The molecule has 2 aliphatic heterocycles. The van der Waals surface area contributed by atoms with Crippen molar-refractivity contribution in [3.8, 4) is 11.5 Å². The Balaban J connectivity index is 0.00000144. The highest BCUT2D eigenvalue weighted by Crippen LogP contribution is 2.40. The zero-order chi connectivity index (χ0) is 15.4. The number of ether oxygens (including phenoxy) is 2. The average molecular weight is 379 g/mol. The third kappa shape index (κ3) is 4.90. The molecule has 5 nitrogen and oxygen atoms in total. The maximum Gasteiger partial charge on any atom is 0.124 e. The Morgan fingerprint density at radius 3 is 2.46 bits per heavy atom. The molecule has 0 aliphatic carbocycles. The third-order valence-electron chi connectivity index (χ3n) is 4.81. The highest BCUT2D eigenvalue weighted by molar-refractivity contribution is 5.85. The Labute approximate surface area is 156 Å². The van der Waals surface area contributed by atoms with Crippen molar-refractivity contribution in [2.75, 3.05) is 46.5 Å². The van der Waals surface area contributed by atoms with Crippen LogP contribution in [0.15, 0.2) is 18.2 Å². The van der Waals surface area contributed by atoms with Crippen molar-refractivity contribution in [2.45, 2.75) is 18.9 Å². The Kier molecular flexibility index (Phi) is 9.16. The first-order chi connectivity index (χ1) is 10.8. The molecule has 0 spiro atoms. The summed E-state index contributed by atoms with van der Waals surface area (Å²) in [5, 5.41) is 13.9. The lowest BCUT2D eigenvalue weighted by molar-refractivity contribution is 0.0206. The Bertz CT molecular complexity index is 475. The third-order valence-corrected chi connectivity index (χ3v) is 4.81. The molecule has 2 saturated heterocycles. The van der Waals surface area contributed by atoms with E-state index >= 15 is 0 Å². The molecule has 1 aromatic carbocycles. The van der Waals surface area contributed by atoms with Crippen molar-refractivity contribution < 1.29 is 14.6 Å². The van der Waals surface area contributed by atoms with Gasteiger partial charge in [-0.25, -0.2) is 0 Å². The van der Waals surface area contributed by atoms with Gasteiger partial charge in [-0.2, -0.15) is 0 Å². The minimum atomic E-state index is 0. The SMILES string of the molecule is COc1ccc([C@@H](C2CCOCC2)N2CCNCC2)c(O)c1.Cl.Cl. The molecule has 24 heavy (non-hydrogen) atoms. The normalized spacial score (nSPS) is 20.5. The van der Waals surface area contributed by atoms with Crippen LogP contribution >= 0.6 is 24.8 Å². The van der Waals surface area contributed by atoms with Gasteiger partial charge in [0.25, 0.3) is 0 Å². The van der Waals surface area contributed by atoms with Crippen LogP contribution in [-0.4, -0.2) is 56.5 Å². The van der Waals surface area contributed by atoms with E-state index in [1.807, 2.05) is 12.1 Å². The molecule has 2 heterocycles. The van der Waals surface area contributed by atoms with Crippen molar-refractivity contribution in [1.29, 1.82) is 0 Å². The molecule has 7 heteroatoms. The molecule has 0 aromatic heterocycles. The summed E-state index contributed by atoms with van der Waals surface area (Å²) >= 11 is 0. The van der Waals surface area contributed by atoms with Gasteiger partial charge in [0.2, 0.25) is 0 Å². The number of phenols is 1. The molecule has 3 rings (SSSR count). The molecule has 1 aromatic rings. The number of piperazine rings is 1. The largest absolute Gasteiger partial charge is 0.507 e. The fourth-order valence-electron chi connectivity index (χ4n) is 3.64. The van der Waals surface area contributed by atoms with Crippen LogP contribution in [0, 0.1) is 5.92 Å². The predicted octanol–water partition coefficient (Wildman–Crippen LogP) is 2.62. The van der Waals surface area contributed by atoms with Crippen molar-refractivity contribution in [3.63, 3.8) is 0 Å². The van der Waals surface area contributed by atoms with Crippen molar-refractivity contribution in [1.82, 2.24) is 10.2 Å². The van der Waals surface area contributed by atoms with Gasteiger partial charge in [0.1, 0.15) is 11.5 Å². The number of methoxy groups -OCH3 is 1. The minimum absolute atomic E-state index is 0. The fraction of sp³-hybridized carbons (Fsp3) is 0.647. The smallest absolute Gasteiger partial charge is 0.124 e. The van der Waals surface area contributed by atoms with E-state index in [1.54, 1.807) is 13.2 Å². The molecule has 2 aliphatic rings. The van der Waals surface area contributed by atoms with Crippen LogP contribution < -0.4 is 10.1 Å². The molecule has 0 bridgehead atoms. The van der Waals surface area contributed by atoms with Crippen LogP contribution in [0.4, 0.5) is 0 Å². The van der Waals surface area contributed by atoms with Crippen molar-refractivity contribution in [2.24, 2.45) is 5.92 Å². The van der Waals surface area contributed by atoms with Crippen LogP contribution in [0.5, 0.6) is 11.5 Å². The molecule has 1 atom stereocenters. The first kappa shape index (κ1) is 21.3. The summed E-state index contributed by atoms with van der Waals surface area (Å²) in [7, 11) is 1.63. The number of hydrogen-bond donors (Lipinski definition) is 2. The highest BCUT2D eigenvalue weighted by atomic mass is 35.5. The van der Waals surface area contributed by atoms with E-state index in [1.165, 1.54) is 0 Å². The molecule has 2 fully saturated rings. The molecule has 0 unspecified atom stereocenters. The summed E-state index contributed by atoms with van der Waals surface area (Å²) in [6.45, 7) is 5.71. The van der Waals surface area contributed by atoms with Gasteiger partial charge in [-0.05, 0) is 24.8 Å². The molecule has 2 N–H and O–H groups in total. The number of nitrogens with zero attached hydrogens (tertiary/aromatic N) is 1. The van der Waals surface area contributed by atoms with Gasteiger partial charge in [0.15, 0.2) is 0 Å². The molecule has 138 valence electrons. The lowest BCUT2D eigenvalue weighted by atomic mass is 9.85. The standard InChI is InChI=1S/C17H26N2O3.2ClH/c1-21-14-2-3-15(16(20)12-14)17(13-4-10-22-11-5-13)19-8-6-18-7-9-19;;/h2-3,12-13,17-18,20H,4-11H2,1H3;2*1H/t17-;;/m1../s1. The van der Waals surface area contributed by atoms with Gasteiger partial charge in [-0.3, -0.25) is 4.90 Å². The maximum absolute atomic E-state index is 10.5. The van der Waals surface area contributed by atoms with Gasteiger partial charge in [0, 0.05) is 57.1 Å². The number of nitrogens with one attached hydrogen (secondary N) is 1. The second-order valence-electron chi connectivity index (χ2n) is 6.11. The summed E-state index contributed by atoms with van der Waals surface area (Å²) in [6.07, 6.45) is 2.11. The number of phenolic OH excluding ortho intramolecular Hbond substituents is 1. The van der Waals surface area contributed by atoms with Crippen LogP contribution in [0.25, 0.3) is 0 Å². The Morgan fingerprint density at radius 2 is 1.88 bits per heavy atom. The lowest BCUT2D eigenvalue weighted by Crippen LogP contribution is -2.47. The van der Waals surface area contributed by atoms with Gasteiger partial charge in [-0.15, -0.1) is 24.8 Å². The van der Waals surface area contributed by atoms with Crippen LogP contribution in [0.3, 0.4) is 0 Å². The number of benzene rings is 1. The molecule has 0 radical (unpaired) electrons. The molecule has 0 saturated carbocycles. The van der Waals surface area contributed by atoms with Gasteiger partial charge in [-0.1, -0.05) is 6.07 Å². The second-order valence-corrected chi connectivity index (χ2v) is 6.11. The monoisotopic (exact) mass is 378 g/mol. The van der Waals surface area contributed by atoms with E-state index in [-0.39, 0.29) is 30.9 Å². The van der Waals surface area contributed by atoms with Crippen LogP contribution in [0.2, 0.25) is 0 Å². The van der Waals surface area contributed by atoms with Gasteiger partial charge >= 0.3 is 0 Å². The maximum atomic E-state index is 10.5. The topological polar surface area (TPSA) is 54.0 Å². The van der Waals surface area contributed by atoms with Crippen LogP contribution in [0.1, 0.15) is 24.4 Å². The summed E-state index contributed by atoms with van der Waals surface area (Å²) in [6, 6.07) is 5.96. The van der Waals surface area contributed by atoms with Crippen molar-refractivity contribution >= 4 is 24.8 Å². The van der Waals surface area contributed by atoms with E-state index in [0.717, 1.165) is 57.8 Å². The predicted molar refractivity (Wildman–Crippen MR) is 99.9 cm³/mol. The zero-order valence-electron chi connectivity index (χ0n) is 14.1. The minimum Gasteiger partial charge on any atom is -0.507 e. The summed E-state index contributed by atoms with van der Waals surface area (Å²) < 4.78 is 10.7. The van der Waals surface area contributed by atoms with E-state index in [9.17, 15) is 5.11 Å². The van der Waals surface area contributed by atoms with Gasteiger partial charge in [0.05, 0.1) is 7.11 Å². The number of halogens is 2. The molecular formula is C17H28Cl2N2O3. The number of aromatic hydroxyl groups is 1. The quantitative estimate of drug-likeness (QED) is 0.843. The fourth-order valence-corrected chi connectivity index (χ4v) is 3.64. The Morgan fingerprint density at radius 1 is 1.21 bits per heavy atom. The molecular weight excluding hydrogens is 351 g/mol. The van der Waals surface area contributed by atoms with E-state index in [4.69, 9.17) is 9.47 Å². The van der Waals surface area contributed by atoms with E-state index in [0.29, 0.717) is 17.4 Å². The first-order valence-corrected chi connectivity index (χ1v) is 8.19. The number of hydrogen-bond acceptors (Lipinski definition) is 5. The first-order valence-electron chi connectivity index (χ1n) is 8.19. The average Bonchev–Trinajstić information content (AvgIpc) is 2.58. The highest BCUT2D eigenvalue weighted by Gasteiger charge is 2.32. The van der Waals surface area contributed by atoms with Crippen molar-refractivity contribution in [3.05, 3.63) is 23.8 Å². The zero-order valence-corrected chi connectivity index (χ0v) is 15.7. The summed E-state index contributed by atoms with van der Waals surface area (Å²) in [5.41, 5.74) is 1.02. The second kappa shape index (κ2) is 10.3. The lowest BCUT2D eigenvalue weighted by Gasteiger charge is -2.41. The molecule has 0 amide bonds. The van der Waals surface area contributed by atoms with Gasteiger partial charge < -0.3 is 19.9 Å². The summed E-state index contributed by atoms with van der Waals surface area (Å²) in [4.78, 5) is 2.51. The van der Waals surface area contributed by atoms with E-state index in [2.05, 4.69) is 10.2 Å². The Hall–Kier alpha value is -0.720. The summed E-state index contributed by atoms with van der Waals surface area (Å²) in [5.74, 6) is 1.58. The van der Waals surface area contributed by atoms with Crippen LogP contribution in [-0.2, 0) is 4.74 Å².